The van der Waals surface area contributed by atoms with Gasteiger partial charge in [0.05, 0.1) is 5.69 Å². The van der Waals surface area contributed by atoms with E-state index < -0.39 is 5.54 Å². The van der Waals surface area contributed by atoms with Crippen molar-refractivity contribution in [2.24, 2.45) is 0 Å². The third-order valence-corrected chi connectivity index (χ3v) is 5.70. The van der Waals surface area contributed by atoms with Crippen molar-refractivity contribution < 1.29 is 4.79 Å². The average Bonchev–Trinajstić information content (AvgIpc) is 2.92. The van der Waals surface area contributed by atoms with Gasteiger partial charge in [0.15, 0.2) is 0 Å². The van der Waals surface area contributed by atoms with Gasteiger partial charge >= 0.3 is 0 Å². The molecule has 2 aromatic rings. The number of aromatic nitrogens is 1. The quantitative estimate of drug-likeness (QED) is 0.863. The SMILES string of the molecule is O=C1NCc2ccccc2CC12CCCN2Cc1ccc(Br)cn1. The molecule has 1 amide bonds. The maximum atomic E-state index is 13.0. The number of pyridine rings is 1. The van der Waals surface area contributed by atoms with Crippen molar-refractivity contribution in [3.63, 3.8) is 0 Å². The van der Waals surface area contributed by atoms with Gasteiger partial charge in [-0.05, 0) is 58.6 Å². The summed E-state index contributed by atoms with van der Waals surface area (Å²) in [7, 11) is 0. The number of hydrogen-bond donors (Lipinski definition) is 1. The summed E-state index contributed by atoms with van der Waals surface area (Å²) in [6.45, 7) is 2.28. The number of fused-ring (bicyclic) bond motifs is 1. The molecule has 24 heavy (non-hydrogen) atoms. The first kappa shape index (κ1) is 15.8. The predicted octanol–water partition coefficient (Wildman–Crippen LogP) is 3.05. The number of carbonyl (C=O) groups is 1. The van der Waals surface area contributed by atoms with E-state index in [1.165, 1.54) is 11.1 Å². The zero-order valence-electron chi connectivity index (χ0n) is 13.5. The molecule has 1 saturated heterocycles. The molecule has 1 spiro atoms. The van der Waals surface area contributed by atoms with Crippen LogP contribution in [0.5, 0.6) is 0 Å². The Kier molecular flexibility index (Phi) is 4.14. The number of likely N-dealkylation sites (tertiary alicyclic amines) is 1. The van der Waals surface area contributed by atoms with Crippen LogP contribution in [0.4, 0.5) is 0 Å². The van der Waals surface area contributed by atoms with E-state index in [4.69, 9.17) is 0 Å². The van der Waals surface area contributed by atoms with Crippen LogP contribution in [-0.2, 0) is 24.3 Å². The van der Waals surface area contributed by atoms with Crippen molar-refractivity contribution >= 4 is 21.8 Å². The maximum Gasteiger partial charge on any atom is 0.241 e. The number of rotatable bonds is 2. The number of hydrogen-bond acceptors (Lipinski definition) is 3. The summed E-state index contributed by atoms with van der Waals surface area (Å²) >= 11 is 3.43. The lowest BCUT2D eigenvalue weighted by atomic mass is 9.86. The van der Waals surface area contributed by atoms with Gasteiger partial charge in [0.2, 0.25) is 5.91 Å². The molecular formula is C19H20BrN3O. The molecule has 5 heteroatoms. The monoisotopic (exact) mass is 385 g/mol. The summed E-state index contributed by atoms with van der Waals surface area (Å²) in [6, 6.07) is 12.4. The Hall–Kier alpha value is -1.72. The summed E-state index contributed by atoms with van der Waals surface area (Å²) in [6.07, 6.45) is 4.56. The molecule has 0 aliphatic carbocycles. The minimum Gasteiger partial charge on any atom is -0.350 e. The van der Waals surface area contributed by atoms with Crippen molar-refractivity contribution in [1.82, 2.24) is 15.2 Å². The second-order valence-electron chi connectivity index (χ2n) is 6.65. The minimum atomic E-state index is -0.443. The molecule has 1 N–H and O–H groups in total. The molecule has 4 nitrogen and oxygen atoms in total. The molecule has 0 bridgehead atoms. The van der Waals surface area contributed by atoms with Crippen molar-refractivity contribution in [3.05, 3.63) is 63.9 Å². The van der Waals surface area contributed by atoms with Crippen molar-refractivity contribution in [2.45, 2.75) is 37.9 Å². The molecule has 0 radical (unpaired) electrons. The molecule has 2 aliphatic rings. The van der Waals surface area contributed by atoms with Gasteiger partial charge in [-0.2, -0.15) is 0 Å². The van der Waals surface area contributed by atoms with E-state index in [0.717, 1.165) is 36.0 Å². The van der Waals surface area contributed by atoms with E-state index in [2.05, 4.69) is 49.3 Å². The summed E-state index contributed by atoms with van der Waals surface area (Å²) in [5, 5.41) is 3.15. The van der Waals surface area contributed by atoms with Gasteiger partial charge in [-0.15, -0.1) is 0 Å². The molecule has 4 rings (SSSR count). The van der Waals surface area contributed by atoms with Crippen LogP contribution in [0.25, 0.3) is 0 Å². The lowest BCUT2D eigenvalue weighted by Gasteiger charge is -2.36. The highest BCUT2D eigenvalue weighted by Gasteiger charge is 2.48. The van der Waals surface area contributed by atoms with Gasteiger partial charge in [-0.1, -0.05) is 24.3 Å². The van der Waals surface area contributed by atoms with Crippen LogP contribution < -0.4 is 5.32 Å². The van der Waals surface area contributed by atoms with Crippen LogP contribution in [0.3, 0.4) is 0 Å². The molecule has 0 saturated carbocycles. The molecule has 3 heterocycles. The second kappa shape index (κ2) is 6.30. The van der Waals surface area contributed by atoms with Crippen molar-refractivity contribution in [1.29, 1.82) is 0 Å². The molecular weight excluding hydrogens is 366 g/mol. The van der Waals surface area contributed by atoms with E-state index in [1.54, 1.807) is 0 Å². The summed E-state index contributed by atoms with van der Waals surface area (Å²) in [5.41, 5.74) is 3.08. The molecule has 124 valence electrons. The van der Waals surface area contributed by atoms with Gasteiger partial charge in [-0.25, -0.2) is 0 Å². The van der Waals surface area contributed by atoms with Gasteiger partial charge in [0.1, 0.15) is 5.54 Å². The normalized spacial score (nSPS) is 23.8. The highest BCUT2D eigenvalue weighted by molar-refractivity contribution is 9.10. The summed E-state index contributed by atoms with van der Waals surface area (Å²) in [4.78, 5) is 19.8. The fourth-order valence-corrected chi connectivity index (χ4v) is 4.19. The van der Waals surface area contributed by atoms with Crippen LogP contribution in [-0.4, -0.2) is 27.9 Å². The molecule has 1 aromatic carbocycles. The number of carbonyl (C=O) groups excluding carboxylic acids is 1. The van der Waals surface area contributed by atoms with Crippen molar-refractivity contribution in [3.8, 4) is 0 Å². The fourth-order valence-electron chi connectivity index (χ4n) is 3.96. The van der Waals surface area contributed by atoms with E-state index >= 15 is 0 Å². The zero-order valence-corrected chi connectivity index (χ0v) is 15.1. The van der Waals surface area contributed by atoms with Gasteiger partial charge in [0, 0.05) is 30.2 Å². The number of amides is 1. The summed E-state index contributed by atoms with van der Waals surface area (Å²) in [5.74, 6) is 0.160. The van der Waals surface area contributed by atoms with Gasteiger partial charge in [0.25, 0.3) is 0 Å². The van der Waals surface area contributed by atoms with Crippen LogP contribution in [0, 0.1) is 0 Å². The molecule has 2 aliphatic heterocycles. The van der Waals surface area contributed by atoms with Crippen LogP contribution in [0.15, 0.2) is 47.1 Å². The molecule has 1 fully saturated rings. The lowest BCUT2D eigenvalue weighted by molar-refractivity contribution is -0.132. The second-order valence-corrected chi connectivity index (χ2v) is 7.57. The van der Waals surface area contributed by atoms with Gasteiger partial charge in [-0.3, -0.25) is 14.7 Å². The molecule has 1 aromatic heterocycles. The van der Waals surface area contributed by atoms with Crippen LogP contribution in [0.2, 0.25) is 0 Å². The molecule has 1 atom stereocenters. The third kappa shape index (κ3) is 2.76. The highest BCUT2D eigenvalue weighted by Crippen LogP contribution is 2.36. The number of nitrogens with zero attached hydrogens (tertiary/aromatic N) is 2. The Morgan fingerprint density at radius 2 is 2.04 bits per heavy atom. The third-order valence-electron chi connectivity index (χ3n) is 5.23. The number of nitrogens with one attached hydrogen (secondary N) is 1. The number of benzene rings is 1. The topological polar surface area (TPSA) is 45.2 Å². The Morgan fingerprint density at radius 3 is 2.83 bits per heavy atom. The van der Waals surface area contributed by atoms with Crippen LogP contribution >= 0.6 is 15.9 Å². The first-order valence-corrected chi connectivity index (χ1v) is 9.17. The average molecular weight is 386 g/mol. The molecule has 1 unspecified atom stereocenters. The largest absolute Gasteiger partial charge is 0.350 e. The highest BCUT2D eigenvalue weighted by atomic mass is 79.9. The lowest BCUT2D eigenvalue weighted by Crippen LogP contribution is -2.55. The smallest absolute Gasteiger partial charge is 0.241 e. The van der Waals surface area contributed by atoms with Gasteiger partial charge < -0.3 is 5.32 Å². The summed E-state index contributed by atoms with van der Waals surface area (Å²) < 4.78 is 0.975. The fraction of sp³-hybridized carbons (Fsp3) is 0.368. The maximum absolute atomic E-state index is 13.0. The minimum absolute atomic E-state index is 0.160. The van der Waals surface area contributed by atoms with E-state index in [0.29, 0.717) is 13.1 Å². The Balaban J connectivity index is 1.66. The first-order valence-electron chi connectivity index (χ1n) is 8.38. The standard InChI is InChI=1S/C19H20BrN3O/c20-16-6-7-17(21-12-16)13-23-9-3-8-19(23)10-14-4-1-2-5-15(14)11-22-18(19)24/h1-2,4-7,12H,3,8-11,13H2,(H,22,24). The van der Waals surface area contributed by atoms with E-state index in [9.17, 15) is 4.79 Å². The first-order chi connectivity index (χ1) is 11.7. The number of halogens is 1. The Bertz CT molecular complexity index is 761. The Labute approximate surface area is 150 Å². The predicted molar refractivity (Wildman–Crippen MR) is 96.3 cm³/mol. The van der Waals surface area contributed by atoms with E-state index in [-0.39, 0.29) is 5.91 Å². The zero-order chi connectivity index (χ0) is 16.6. The van der Waals surface area contributed by atoms with E-state index in [1.807, 2.05) is 24.4 Å². The Morgan fingerprint density at radius 1 is 1.21 bits per heavy atom. The van der Waals surface area contributed by atoms with Crippen LogP contribution in [0.1, 0.15) is 29.7 Å². The van der Waals surface area contributed by atoms with Crippen molar-refractivity contribution in [2.75, 3.05) is 6.54 Å².